The summed E-state index contributed by atoms with van der Waals surface area (Å²) in [7, 11) is 1.64. The first-order chi connectivity index (χ1) is 6.76. The van der Waals surface area contributed by atoms with Gasteiger partial charge >= 0.3 is 0 Å². The van der Waals surface area contributed by atoms with Crippen LogP contribution in [0, 0.1) is 0 Å². The summed E-state index contributed by atoms with van der Waals surface area (Å²) in [4.78, 5) is 10.7. The summed E-state index contributed by atoms with van der Waals surface area (Å²) >= 11 is 4.93. The van der Waals surface area contributed by atoms with Crippen molar-refractivity contribution < 1.29 is 9.53 Å². The predicted molar refractivity (Wildman–Crippen MR) is 61.5 cm³/mol. The fourth-order valence-electron chi connectivity index (χ4n) is 1.25. The molecule has 2 nitrogen and oxygen atoms in total. The number of aldehydes is 1. The number of hydrogen-bond donors (Lipinski definition) is 0. The number of rotatable bonds is 2. The number of methoxy groups -OCH3 is 1. The average Bonchev–Trinajstić information content (AvgIpc) is 2.62. The quantitative estimate of drug-likeness (QED) is 0.781. The minimum atomic E-state index is 0.669. The predicted octanol–water partition coefficient (Wildman–Crippen LogP) is 3.48. The Balaban J connectivity index is 2.74. The minimum absolute atomic E-state index is 0.669. The van der Waals surface area contributed by atoms with Crippen LogP contribution in [-0.2, 0) is 0 Å². The molecule has 1 aromatic heterocycles. The Morgan fingerprint density at radius 2 is 2.29 bits per heavy atom. The summed E-state index contributed by atoms with van der Waals surface area (Å²) in [6.07, 6.45) is 0.843. The largest absolute Gasteiger partial charge is 0.487 e. The third kappa shape index (κ3) is 1.44. The van der Waals surface area contributed by atoms with E-state index in [1.807, 2.05) is 12.1 Å². The standard InChI is InChI=1S/C10H7BrO2S/c1-13-8-4-6-2-3-7(5-12)9(11)10(6)14-8/h2-5H,1H3. The molecule has 72 valence electrons. The van der Waals surface area contributed by atoms with Gasteiger partial charge in [-0.15, -0.1) is 0 Å². The number of ether oxygens (including phenoxy) is 1. The first-order valence-electron chi connectivity index (χ1n) is 3.97. The molecule has 0 bridgehead atoms. The number of benzene rings is 1. The van der Waals surface area contributed by atoms with Crippen molar-refractivity contribution in [1.29, 1.82) is 0 Å². The third-order valence-electron chi connectivity index (χ3n) is 1.96. The topological polar surface area (TPSA) is 26.3 Å². The van der Waals surface area contributed by atoms with Crippen LogP contribution >= 0.6 is 27.3 Å². The molecule has 1 heterocycles. The smallest absolute Gasteiger partial charge is 0.174 e. The monoisotopic (exact) mass is 270 g/mol. The molecule has 0 amide bonds. The van der Waals surface area contributed by atoms with Crippen molar-refractivity contribution in [3.8, 4) is 5.06 Å². The van der Waals surface area contributed by atoms with Crippen molar-refractivity contribution in [2.24, 2.45) is 0 Å². The highest BCUT2D eigenvalue weighted by Crippen LogP contribution is 2.37. The van der Waals surface area contributed by atoms with Crippen molar-refractivity contribution in [3.05, 3.63) is 28.2 Å². The van der Waals surface area contributed by atoms with Crippen molar-refractivity contribution >= 4 is 43.6 Å². The van der Waals surface area contributed by atoms with Crippen LogP contribution in [0.15, 0.2) is 22.7 Å². The number of thiophene rings is 1. The van der Waals surface area contributed by atoms with E-state index in [1.165, 1.54) is 11.3 Å². The normalized spacial score (nSPS) is 10.4. The zero-order chi connectivity index (χ0) is 10.1. The number of halogens is 1. The molecule has 0 unspecified atom stereocenters. The molecule has 0 saturated carbocycles. The van der Waals surface area contributed by atoms with E-state index in [9.17, 15) is 4.79 Å². The van der Waals surface area contributed by atoms with E-state index < -0.39 is 0 Å². The van der Waals surface area contributed by atoms with Crippen LogP contribution in [0.5, 0.6) is 5.06 Å². The highest BCUT2D eigenvalue weighted by molar-refractivity contribution is 9.10. The maximum atomic E-state index is 10.7. The van der Waals surface area contributed by atoms with E-state index >= 15 is 0 Å². The molecular formula is C10H7BrO2S. The van der Waals surface area contributed by atoms with E-state index in [-0.39, 0.29) is 0 Å². The molecule has 2 aromatic rings. The Morgan fingerprint density at radius 1 is 1.50 bits per heavy atom. The van der Waals surface area contributed by atoms with E-state index in [4.69, 9.17) is 4.74 Å². The van der Waals surface area contributed by atoms with Crippen LogP contribution in [-0.4, -0.2) is 13.4 Å². The molecule has 0 aliphatic carbocycles. The second kappa shape index (κ2) is 3.71. The van der Waals surface area contributed by atoms with Crippen LogP contribution < -0.4 is 4.74 Å². The second-order valence-corrected chi connectivity index (χ2v) is 4.58. The highest BCUT2D eigenvalue weighted by atomic mass is 79.9. The Morgan fingerprint density at radius 3 is 2.93 bits per heavy atom. The minimum Gasteiger partial charge on any atom is -0.487 e. The number of hydrogen-bond acceptors (Lipinski definition) is 3. The molecular weight excluding hydrogens is 264 g/mol. The number of carbonyl (C=O) groups is 1. The molecule has 0 saturated heterocycles. The zero-order valence-electron chi connectivity index (χ0n) is 7.41. The Hall–Kier alpha value is -0.870. The van der Waals surface area contributed by atoms with Gasteiger partial charge < -0.3 is 4.74 Å². The summed E-state index contributed by atoms with van der Waals surface area (Å²) in [5.41, 5.74) is 0.669. The SMILES string of the molecule is COc1cc2ccc(C=O)c(Br)c2s1. The first kappa shape index (κ1) is 9.68. The molecule has 0 atom stereocenters. The van der Waals surface area contributed by atoms with Gasteiger partial charge in [-0.2, -0.15) is 0 Å². The third-order valence-corrected chi connectivity index (χ3v) is 4.21. The van der Waals surface area contributed by atoms with Gasteiger partial charge in [0, 0.05) is 10.0 Å². The Bertz CT molecular complexity index is 490. The van der Waals surface area contributed by atoms with Crippen LogP contribution in [0.2, 0.25) is 0 Å². The lowest BCUT2D eigenvalue weighted by molar-refractivity contribution is 0.112. The van der Waals surface area contributed by atoms with E-state index in [0.29, 0.717) is 5.56 Å². The van der Waals surface area contributed by atoms with Gasteiger partial charge in [-0.25, -0.2) is 0 Å². The van der Waals surface area contributed by atoms with Gasteiger partial charge in [-0.05, 0) is 33.4 Å². The van der Waals surface area contributed by atoms with Gasteiger partial charge in [0.25, 0.3) is 0 Å². The summed E-state index contributed by atoms with van der Waals surface area (Å²) in [5.74, 6) is 0. The molecule has 1 aromatic carbocycles. The molecule has 0 aliphatic rings. The van der Waals surface area contributed by atoms with E-state index in [2.05, 4.69) is 15.9 Å². The molecule has 0 aliphatic heterocycles. The van der Waals surface area contributed by atoms with Gasteiger partial charge in [0.1, 0.15) is 0 Å². The average molecular weight is 271 g/mol. The van der Waals surface area contributed by atoms with Crippen molar-refractivity contribution in [1.82, 2.24) is 0 Å². The van der Waals surface area contributed by atoms with Crippen LogP contribution in [0.1, 0.15) is 10.4 Å². The van der Waals surface area contributed by atoms with E-state index in [0.717, 1.165) is 25.9 Å². The van der Waals surface area contributed by atoms with Crippen molar-refractivity contribution in [3.63, 3.8) is 0 Å². The van der Waals surface area contributed by atoms with E-state index in [1.54, 1.807) is 13.2 Å². The molecule has 0 fully saturated rings. The first-order valence-corrected chi connectivity index (χ1v) is 5.58. The van der Waals surface area contributed by atoms with Crippen LogP contribution in [0.25, 0.3) is 10.1 Å². The number of carbonyl (C=O) groups excluding carboxylic acids is 1. The lowest BCUT2D eigenvalue weighted by Crippen LogP contribution is -1.80. The zero-order valence-corrected chi connectivity index (χ0v) is 9.81. The second-order valence-electron chi connectivity index (χ2n) is 2.77. The van der Waals surface area contributed by atoms with Crippen LogP contribution in [0.4, 0.5) is 0 Å². The lowest BCUT2D eigenvalue weighted by Gasteiger charge is -1.96. The molecule has 4 heteroatoms. The Labute approximate surface area is 93.6 Å². The fraction of sp³-hybridized carbons (Fsp3) is 0.100. The van der Waals surface area contributed by atoms with Crippen molar-refractivity contribution in [2.75, 3.05) is 7.11 Å². The fourth-order valence-corrected chi connectivity index (χ4v) is 2.87. The summed E-state index contributed by atoms with van der Waals surface area (Å²) in [5, 5.41) is 1.94. The number of fused-ring (bicyclic) bond motifs is 1. The van der Waals surface area contributed by atoms with Gasteiger partial charge in [0.2, 0.25) is 0 Å². The summed E-state index contributed by atoms with van der Waals surface area (Å²) < 4.78 is 7.03. The Kier molecular flexibility index (Phi) is 2.56. The molecule has 14 heavy (non-hydrogen) atoms. The maximum Gasteiger partial charge on any atom is 0.174 e. The van der Waals surface area contributed by atoms with Crippen LogP contribution in [0.3, 0.4) is 0 Å². The molecule has 0 N–H and O–H groups in total. The molecule has 0 spiro atoms. The van der Waals surface area contributed by atoms with Gasteiger partial charge in [-0.1, -0.05) is 17.4 Å². The summed E-state index contributed by atoms with van der Waals surface area (Å²) in [6, 6.07) is 5.67. The van der Waals surface area contributed by atoms with Gasteiger partial charge in [0.05, 0.1) is 11.8 Å². The lowest BCUT2D eigenvalue weighted by atomic mass is 10.2. The van der Waals surface area contributed by atoms with Crippen molar-refractivity contribution in [2.45, 2.75) is 0 Å². The highest BCUT2D eigenvalue weighted by Gasteiger charge is 2.08. The molecule has 2 rings (SSSR count). The summed E-state index contributed by atoms with van der Waals surface area (Å²) in [6.45, 7) is 0. The van der Waals surface area contributed by atoms with Gasteiger partial charge in [-0.3, -0.25) is 4.79 Å². The van der Waals surface area contributed by atoms with Gasteiger partial charge in [0.15, 0.2) is 11.3 Å². The molecule has 0 radical (unpaired) electrons. The maximum absolute atomic E-state index is 10.7.